The van der Waals surface area contributed by atoms with Gasteiger partial charge in [0, 0.05) is 23.7 Å². The Morgan fingerprint density at radius 2 is 1.59 bits per heavy atom. The Hall–Kier alpha value is -3.66. The lowest BCUT2D eigenvalue weighted by atomic mass is 10.0. The highest BCUT2D eigenvalue weighted by Crippen LogP contribution is 2.28. The predicted molar refractivity (Wildman–Crippen MR) is 115 cm³/mol. The summed E-state index contributed by atoms with van der Waals surface area (Å²) < 4.78 is 7.14. The molecule has 4 heteroatoms. The van der Waals surface area contributed by atoms with Crippen LogP contribution in [-0.4, -0.2) is 15.7 Å². The first-order valence-corrected chi connectivity index (χ1v) is 9.67. The van der Waals surface area contributed by atoms with Crippen LogP contribution in [0.5, 0.6) is 5.75 Å². The van der Waals surface area contributed by atoms with Gasteiger partial charge in [0.1, 0.15) is 5.75 Å². The first-order chi connectivity index (χ1) is 14.1. The van der Waals surface area contributed by atoms with Crippen LogP contribution in [0.15, 0.2) is 85.1 Å². The van der Waals surface area contributed by atoms with Gasteiger partial charge in [-0.3, -0.25) is 4.79 Å². The standard InChI is InChI=1S/C25H22N2O2/c1-3-25(28)29-21-14-12-20(13-15-21)23-16-17-27(26-23)24-7-5-4-6-22(24)19-10-8-18(2)9-11-19/h4-17H,3H2,1-2H3. The van der Waals surface area contributed by atoms with Crippen molar-refractivity contribution in [2.75, 3.05) is 0 Å². The molecule has 4 aromatic rings. The van der Waals surface area contributed by atoms with Crippen molar-refractivity contribution in [1.82, 2.24) is 9.78 Å². The molecule has 0 atom stereocenters. The molecule has 0 aliphatic carbocycles. The largest absolute Gasteiger partial charge is 0.427 e. The maximum atomic E-state index is 11.4. The van der Waals surface area contributed by atoms with Gasteiger partial charge in [0.2, 0.25) is 0 Å². The normalized spacial score (nSPS) is 10.7. The van der Waals surface area contributed by atoms with Crippen LogP contribution in [0.25, 0.3) is 28.1 Å². The van der Waals surface area contributed by atoms with Gasteiger partial charge in [-0.15, -0.1) is 0 Å². The van der Waals surface area contributed by atoms with E-state index < -0.39 is 0 Å². The second kappa shape index (κ2) is 8.15. The molecule has 29 heavy (non-hydrogen) atoms. The molecule has 0 aliphatic heterocycles. The number of rotatable bonds is 5. The van der Waals surface area contributed by atoms with Crippen molar-refractivity contribution in [3.05, 3.63) is 90.6 Å². The Bertz CT molecular complexity index is 1130. The zero-order valence-corrected chi connectivity index (χ0v) is 16.5. The van der Waals surface area contributed by atoms with E-state index in [4.69, 9.17) is 9.84 Å². The number of ether oxygens (including phenoxy) is 1. The maximum absolute atomic E-state index is 11.4. The third-order valence-corrected chi connectivity index (χ3v) is 4.77. The number of benzene rings is 3. The minimum absolute atomic E-state index is 0.241. The topological polar surface area (TPSA) is 44.1 Å². The van der Waals surface area contributed by atoms with Gasteiger partial charge in [-0.25, -0.2) is 4.68 Å². The molecule has 0 bridgehead atoms. The SMILES string of the molecule is CCC(=O)Oc1ccc(-c2ccn(-c3ccccc3-c3ccc(C)cc3)n2)cc1. The average Bonchev–Trinajstić information content (AvgIpc) is 3.25. The van der Waals surface area contributed by atoms with Crippen molar-refractivity contribution < 1.29 is 9.53 Å². The van der Waals surface area contributed by atoms with Crippen LogP contribution in [0.2, 0.25) is 0 Å². The Morgan fingerprint density at radius 1 is 0.897 bits per heavy atom. The number of aryl methyl sites for hydroxylation is 1. The fourth-order valence-electron chi connectivity index (χ4n) is 3.16. The number of carbonyl (C=O) groups excluding carboxylic acids is 1. The van der Waals surface area contributed by atoms with Gasteiger partial charge in [0.15, 0.2) is 0 Å². The number of hydrogen-bond donors (Lipinski definition) is 0. The zero-order chi connectivity index (χ0) is 20.2. The predicted octanol–water partition coefficient (Wildman–Crippen LogP) is 5.83. The smallest absolute Gasteiger partial charge is 0.310 e. The van der Waals surface area contributed by atoms with E-state index >= 15 is 0 Å². The molecule has 0 radical (unpaired) electrons. The highest BCUT2D eigenvalue weighted by molar-refractivity contribution is 5.74. The van der Waals surface area contributed by atoms with Gasteiger partial charge in [-0.05, 0) is 48.9 Å². The molecule has 0 N–H and O–H groups in total. The van der Waals surface area contributed by atoms with E-state index in [1.165, 1.54) is 5.56 Å². The molecule has 0 amide bonds. The molecule has 0 saturated heterocycles. The fraction of sp³-hybridized carbons (Fsp3) is 0.120. The van der Waals surface area contributed by atoms with Gasteiger partial charge in [-0.2, -0.15) is 5.10 Å². The number of para-hydroxylation sites is 1. The van der Waals surface area contributed by atoms with Gasteiger partial charge in [0.05, 0.1) is 11.4 Å². The molecular weight excluding hydrogens is 360 g/mol. The lowest BCUT2D eigenvalue weighted by molar-refractivity contribution is -0.134. The van der Waals surface area contributed by atoms with Crippen molar-refractivity contribution in [3.63, 3.8) is 0 Å². The summed E-state index contributed by atoms with van der Waals surface area (Å²) in [4.78, 5) is 11.4. The average molecular weight is 382 g/mol. The van der Waals surface area contributed by atoms with Crippen molar-refractivity contribution >= 4 is 5.97 Å². The fourth-order valence-corrected chi connectivity index (χ4v) is 3.16. The Morgan fingerprint density at radius 3 is 2.31 bits per heavy atom. The lowest BCUT2D eigenvalue weighted by Crippen LogP contribution is -2.05. The summed E-state index contributed by atoms with van der Waals surface area (Å²) in [6, 6.07) is 26.1. The molecule has 1 aromatic heterocycles. The van der Waals surface area contributed by atoms with Gasteiger partial charge >= 0.3 is 5.97 Å². The highest BCUT2D eigenvalue weighted by Gasteiger charge is 2.10. The van der Waals surface area contributed by atoms with Crippen molar-refractivity contribution in [2.24, 2.45) is 0 Å². The minimum Gasteiger partial charge on any atom is -0.427 e. The summed E-state index contributed by atoms with van der Waals surface area (Å²) in [7, 11) is 0. The second-order valence-electron chi connectivity index (χ2n) is 6.88. The molecule has 0 unspecified atom stereocenters. The van der Waals surface area contributed by atoms with E-state index in [0.29, 0.717) is 12.2 Å². The molecule has 4 rings (SSSR count). The quantitative estimate of drug-likeness (QED) is 0.322. The van der Waals surface area contributed by atoms with E-state index in [1.807, 2.05) is 41.2 Å². The summed E-state index contributed by atoms with van der Waals surface area (Å²) in [6.45, 7) is 3.86. The van der Waals surface area contributed by atoms with E-state index in [0.717, 1.165) is 28.1 Å². The molecule has 0 aliphatic rings. The van der Waals surface area contributed by atoms with E-state index in [-0.39, 0.29) is 5.97 Å². The summed E-state index contributed by atoms with van der Waals surface area (Å²) in [6.07, 6.45) is 2.32. The minimum atomic E-state index is -0.241. The summed E-state index contributed by atoms with van der Waals surface area (Å²) in [5, 5.41) is 4.77. The highest BCUT2D eigenvalue weighted by atomic mass is 16.5. The van der Waals surface area contributed by atoms with Gasteiger partial charge in [-0.1, -0.05) is 55.0 Å². The Balaban J connectivity index is 1.63. The molecule has 0 spiro atoms. The van der Waals surface area contributed by atoms with Gasteiger partial charge < -0.3 is 4.74 Å². The molecule has 0 fully saturated rings. The van der Waals surface area contributed by atoms with Crippen LogP contribution in [-0.2, 0) is 4.79 Å². The first-order valence-electron chi connectivity index (χ1n) is 9.67. The van der Waals surface area contributed by atoms with Crippen LogP contribution in [0.3, 0.4) is 0 Å². The van der Waals surface area contributed by atoms with Crippen molar-refractivity contribution in [3.8, 4) is 33.8 Å². The third kappa shape index (κ3) is 4.11. The molecule has 3 aromatic carbocycles. The van der Waals surface area contributed by atoms with Crippen LogP contribution >= 0.6 is 0 Å². The Labute approximate surface area is 170 Å². The van der Waals surface area contributed by atoms with Crippen LogP contribution in [0, 0.1) is 6.92 Å². The monoisotopic (exact) mass is 382 g/mol. The van der Waals surface area contributed by atoms with Crippen LogP contribution < -0.4 is 4.74 Å². The van der Waals surface area contributed by atoms with Crippen LogP contribution in [0.4, 0.5) is 0 Å². The van der Waals surface area contributed by atoms with E-state index in [2.05, 4.69) is 43.3 Å². The summed E-state index contributed by atoms with van der Waals surface area (Å²) >= 11 is 0. The molecule has 1 heterocycles. The number of aromatic nitrogens is 2. The van der Waals surface area contributed by atoms with Crippen molar-refractivity contribution in [1.29, 1.82) is 0 Å². The number of esters is 1. The summed E-state index contributed by atoms with van der Waals surface area (Å²) in [5.74, 6) is 0.305. The summed E-state index contributed by atoms with van der Waals surface area (Å²) in [5.41, 5.74) is 6.37. The Kier molecular flexibility index (Phi) is 5.25. The zero-order valence-electron chi connectivity index (χ0n) is 16.5. The first kappa shape index (κ1) is 18.7. The van der Waals surface area contributed by atoms with Crippen LogP contribution in [0.1, 0.15) is 18.9 Å². The molecular formula is C25H22N2O2. The van der Waals surface area contributed by atoms with E-state index in [1.54, 1.807) is 19.1 Å². The number of carbonyl (C=O) groups is 1. The third-order valence-electron chi connectivity index (χ3n) is 4.77. The second-order valence-corrected chi connectivity index (χ2v) is 6.88. The molecule has 0 saturated carbocycles. The molecule has 144 valence electrons. The van der Waals surface area contributed by atoms with E-state index in [9.17, 15) is 4.79 Å². The number of nitrogens with zero attached hydrogens (tertiary/aromatic N) is 2. The van der Waals surface area contributed by atoms with Crippen molar-refractivity contribution in [2.45, 2.75) is 20.3 Å². The number of hydrogen-bond acceptors (Lipinski definition) is 3. The molecule has 4 nitrogen and oxygen atoms in total. The lowest BCUT2D eigenvalue weighted by Gasteiger charge is -2.10. The maximum Gasteiger partial charge on any atom is 0.310 e. The van der Waals surface area contributed by atoms with Gasteiger partial charge in [0.25, 0.3) is 0 Å².